The number of carboxylic acid groups (broad SMARTS) is 1. The van der Waals surface area contributed by atoms with Gasteiger partial charge in [-0.3, -0.25) is 4.79 Å². The highest BCUT2D eigenvalue weighted by Gasteiger charge is 1.90. The first-order valence-corrected chi connectivity index (χ1v) is 8.29. The van der Waals surface area contributed by atoms with Gasteiger partial charge in [0.25, 0.3) is 0 Å². The lowest BCUT2D eigenvalue weighted by Crippen LogP contribution is -1.91. The van der Waals surface area contributed by atoms with Crippen molar-refractivity contribution < 1.29 is 9.90 Å². The van der Waals surface area contributed by atoms with Gasteiger partial charge in [0.15, 0.2) is 0 Å². The fourth-order valence-corrected chi connectivity index (χ4v) is 1.75. The number of aliphatic carboxylic acids is 1. The minimum atomic E-state index is -0.755. The topological polar surface area (TPSA) is 37.3 Å². The Labute approximate surface area is 135 Å². The van der Waals surface area contributed by atoms with Crippen LogP contribution in [0, 0.1) is 0 Å². The molecule has 0 radical (unpaired) electrons. The van der Waals surface area contributed by atoms with Gasteiger partial charge in [0, 0.05) is 6.42 Å². The van der Waals surface area contributed by atoms with Crippen LogP contribution in [0.1, 0.15) is 58.3 Å². The maximum Gasteiger partial charge on any atom is 0.303 e. The van der Waals surface area contributed by atoms with Crippen LogP contribution in [0.5, 0.6) is 0 Å². The monoisotopic (exact) mass is 302 g/mol. The second kappa shape index (κ2) is 17.2. The molecule has 0 saturated carbocycles. The fourth-order valence-electron chi connectivity index (χ4n) is 1.75. The predicted octanol–water partition coefficient (Wildman–Crippen LogP) is 5.99. The van der Waals surface area contributed by atoms with Gasteiger partial charge in [-0.05, 0) is 32.1 Å². The van der Waals surface area contributed by atoms with E-state index in [1.165, 1.54) is 25.7 Å². The van der Waals surface area contributed by atoms with Crippen molar-refractivity contribution in [1.29, 1.82) is 0 Å². The first-order valence-electron chi connectivity index (χ1n) is 8.29. The van der Waals surface area contributed by atoms with E-state index >= 15 is 0 Å². The predicted molar refractivity (Wildman–Crippen MR) is 95.9 cm³/mol. The number of carboxylic acids is 1. The zero-order valence-electron chi connectivity index (χ0n) is 13.8. The number of unbranched alkanes of at least 4 members (excludes halogenated alkanes) is 4. The molecule has 0 heterocycles. The van der Waals surface area contributed by atoms with Crippen LogP contribution in [0.25, 0.3) is 0 Å². The highest BCUT2D eigenvalue weighted by Crippen LogP contribution is 2.01. The summed E-state index contributed by atoms with van der Waals surface area (Å²) in [6, 6.07) is 0. The number of allylic oxidation sites excluding steroid dienone is 10. The Hall–Kier alpha value is -1.83. The third kappa shape index (κ3) is 18.2. The molecule has 0 aromatic rings. The quantitative estimate of drug-likeness (QED) is 0.258. The van der Waals surface area contributed by atoms with E-state index in [0.717, 1.165) is 12.8 Å². The summed E-state index contributed by atoms with van der Waals surface area (Å²) in [4.78, 5) is 10.3. The number of carbonyl (C=O) groups is 1. The second-order valence-corrected chi connectivity index (χ2v) is 5.10. The Bertz CT molecular complexity index is 398. The van der Waals surface area contributed by atoms with Crippen molar-refractivity contribution in [2.75, 3.05) is 0 Å². The summed E-state index contributed by atoms with van der Waals surface area (Å²) in [6.07, 6.45) is 28.4. The molecule has 0 aliphatic heterocycles. The van der Waals surface area contributed by atoms with E-state index in [0.29, 0.717) is 6.42 Å². The van der Waals surface area contributed by atoms with Gasteiger partial charge in [0.1, 0.15) is 0 Å². The highest BCUT2D eigenvalue weighted by molar-refractivity contribution is 5.66. The summed E-state index contributed by atoms with van der Waals surface area (Å²) in [5.41, 5.74) is 0. The molecule has 22 heavy (non-hydrogen) atoms. The van der Waals surface area contributed by atoms with Gasteiger partial charge >= 0.3 is 5.97 Å². The first-order chi connectivity index (χ1) is 10.8. The molecule has 0 unspecified atom stereocenters. The third-order valence-corrected chi connectivity index (χ3v) is 2.99. The van der Waals surface area contributed by atoms with Gasteiger partial charge in [0.05, 0.1) is 0 Å². The molecule has 0 amide bonds. The molecule has 0 saturated heterocycles. The van der Waals surface area contributed by atoms with E-state index in [1.807, 2.05) is 36.5 Å². The molecule has 0 aromatic carbocycles. The minimum absolute atomic E-state index is 0.190. The molecule has 122 valence electrons. The van der Waals surface area contributed by atoms with Gasteiger partial charge in [-0.1, -0.05) is 80.5 Å². The van der Waals surface area contributed by atoms with E-state index in [-0.39, 0.29) is 6.42 Å². The largest absolute Gasteiger partial charge is 0.481 e. The van der Waals surface area contributed by atoms with E-state index in [9.17, 15) is 4.79 Å². The maximum absolute atomic E-state index is 10.3. The Balaban J connectivity index is 3.53. The molecule has 0 aliphatic rings. The summed E-state index contributed by atoms with van der Waals surface area (Å²) >= 11 is 0. The van der Waals surface area contributed by atoms with Crippen molar-refractivity contribution in [1.82, 2.24) is 0 Å². The molecule has 0 rings (SSSR count). The summed E-state index contributed by atoms with van der Waals surface area (Å²) in [7, 11) is 0. The molecule has 0 aromatic heterocycles. The molecule has 2 heteroatoms. The van der Waals surface area contributed by atoms with Crippen LogP contribution >= 0.6 is 0 Å². The molecule has 1 N–H and O–H groups in total. The Morgan fingerprint density at radius 1 is 0.727 bits per heavy atom. The zero-order chi connectivity index (χ0) is 16.3. The van der Waals surface area contributed by atoms with E-state index in [1.54, 1.807) is 0 Å². The van der Waals surface area contributed by atoms with Gasteiger partial charge in [-0.25, -0.2) is 0 Å². The Morgan fingerprint density at radius 2 is 1.27 bits per heavy atom. The molecule has 0 fully saturated rings. The normalized spacial score (nSPS) is 12.8. The van der Waals surface area contributed by atoms with Gasteiger partial charge in [0.2, 0.25) is 0 Å². The standard InChI is InChI=1S/C20H30O2/c1-2-3-4-5-6-7-8-9-10-11-12-13-14-15-16-17-18-19-20(21)22/h6-7,10-17H,2-5,8-9,18-19H2,1H3,(H,21,22)/b7-6+,11-10+,13-12+,15-14+,17-16+. The van der Waals surface area contributed by atoms with Crippen molar-refractivity contribution in [2.45, 2.75) is 58.3 Å². The second-order valence-electron chi connectivity index (χ2n) is 5.10. The van der Waals surface area contributed by atoms with Crippen LogP contribution in [0.2, 0.25) is 0 Å². The molecule has 0 bridgehead atoms. The molecule has 0 spiro atoms. The SMILES string of the molecule is CCCCC/C=C/CC/C=C/C=C/C=C/C=C/CCC(=O)O. The summed E-state index contributed by atoms with van der Waals surface area (Å²) in [5.74, 6) is -0.755. The Kier molecular flexibility index (Phi) is 15.8. The Morgan fingerprint density at radius 3 is 1.91 bits per heavy atom. The highest BCUT2D eigenvalue weighted by atomic mass is 16.4. The van der Waals surface area contributed by atoms with Gasteiger partial charge in [-0.2, -0.15) is 0 Å². The van der Waals surface area contributed by atoms with Crippen LogP contribution in [0.4, 0.5) is 0 Å². The fraction of sp³-hybridized carbons (Fsp3) is 0.450. The average Bonchev–Trinajstić information content (AvgIpc) is 2.50. The molecule has 0 atom stereocenters. The maximum atomic E-state index is 10.3. The van der Waals surface area contributed by atoms with Crippen molar-refractivity contribution in [2.24, 2.45) is 0 Å². The number of rotatable bonds is 13. The zero-order valence-corrected chi connectivity index (χ0v) is 13.8. The lowest BCUT2D eigenvalue weighted by Gasteiger charge is -1.91. The van der Waals surface area contributed by atoms with Gasteiger partial charge in [-0.15, -0.1) is 0 Å². The third-order valence-electron chi connectivity index (χ3n) is 2.99. The molecular weight excluding hydrogens is 272 g/mol. The molecule has 0 aliphatic carbocycles. The van der Waals surface area contributed by atoms with Crippen LogP contribution in [-0.2, 0) is 4.79 Å². The summed E-state index contributed by atoms with van der Waals surface area (Å²) in [5, 5.41) is 8.46. The van der Waals surface area contributed by atoms with Crippen LogP contribution in [0.15, 0.2) is 60.8 Å². The summed E-state index contributed by atoms with van der Waals surface area (Å²) in [6.45, 7) is 2.23. The van der Waals surface area contributed by atoms with Crippen LogP contribution in [-0.4, -0.2) is 11.1 Å². The lowest BCUT2D eigenvalue weighted by molar-refractivity contribution is -0.136. The first kappa shape index (κ1) is 20.2. The van der Waals surface area contributed by atoms with Gasteiger partial charge < -0.3 is 5.11 Å². The van der Waals surface area contributed by atoms with E-state index < -0.39 is 5.97 Å². The number of hydrogen-bond donors (Lipinski definition) is 1. The smallest absolute Gasteiger partial charge is 0.303 e. The molecular formula is C20H30O2. The molecule has 2 nitrogen and oxygen atoms in total. The van der Waals surface area contributed by atoms with E-state index in [2.05, 4.69) is 31.2 Å². The summed E-state index contributed by atoms with van der Waals surface area (Å²) < 4.78 is 0. The minimum Gasteiger partial charge on any atom is -0.481 e. The lowest BCUT2D eigenvalue weighted by atomic mass is 10.2. The van der Waals surface area contributed by atoms with Crippen molar-refractivity contribution >= 4 is 5.97 Å². The van der Waals surface area contributed by atoms with Crippen LogP contribution in [0.3, 0.4) is 0 Å². The average molecular weight is 302 g/mol. The van der Waals surface area contributed by atoms with Crippen LogP contribution < -0.4 is 0 Å². The van der Waals surface area contributed by atoms with Crippen molar-refractivity contribution in [3.8, 4) is 0 Å². The van der Waals surface area contributed by atoms with Crippen molar-refractivity contribution in [3.63, 3.8) is 0 Å². The number of hydrogen-bond acceptors (Lipinski definition) is 1. The van der Waals surface area contributed by atoms with Crippen molar-refractivity contribution in [3.05, 3.63) is 60.8 Å². The van der Waals surface area contributed by atoms with E-state index in [4.69, 9.17) is 5.11 Å².